The molecule has 0 bridgehead atoms. The number of amides is 1. The van der Waals surface area contributed by atoms with Gasteiger partial charge in [0.15, 0.2) is 5.15 Å². The van der Waals surface area contributed by atoms with Crippen molar-refractivity contribution in [2.75, 3.05) is 26.4 Å². The predicted octanol–water partition coefficient (Wildman–Crippen LogP) is 4.18. The molecule has 12 heteroatoms. The number of hydrogen-bond acceptors (Lipinski definition) is 8. The summed E-state index contributed by atoms with van der Waals surface area (Å²) < 4.78 is 24.8. The fourth-order valence-corrected chi connectivity index (χ4v) is 4.31. The minimum Gasteiger partial charge on any atom is -0.458 e. The van der Waals surface area contributed by atoms with Gasteiger partial charge in [-0.3, -0.25) is 9.30 Å². The van der Waals surface area contributed by atoms with Crippen LogP contribution in [0.25, 0.3) is 5.52 Å². The Hall–Kier alpha value is -1.95. The second kappa shape index (κ2) is 10.3. The molecule has 2 aromatic heterocycles. The Labute approximate surface area is 212 Å². The minimum atomic E-state index is -0.685. The Balaban J connectivity index is 1.76. The maximum atomic E-state index is 13.0. The van der Waals surface area contributed by atoms with Gasteiger partial charge in [0.25, 0.3) is 0 Å². The van der Waals surface area contributed by atoms with E-state index in [1.165, 1.54) is 0 Å². The van der Waals surface area contributed by atoms with Crippen molar-refractivity contribution in [2.24, 2.45) is 0 Å². The molecular formula is C22H30BrClN4O6. The van der Waals surface area contributed by atoms with Crippen molar-refractivity contribution < 1.29 is 28.5 Å². The first kappa shape index (κ1) is 26.7. The van der Waals surface area contributed by atoms with Crippen LogP contribution in [-0.4, -0.2) is 74.9 Å². The molecule has 1 aliphatic rings. The van der Waals surface area contributed by atoms with Gasteiger partial charge >= 0.3 is 12.1 Å². The average Bonchev–Trinajstić information content (AvgIpc) is 3.03. The standard InChI is InChI=1S/C22H30BrClN4O6/c1-21(2,3)33-15(29)12-31-10-13-11-32-14(9-28(13)20(30)34-22(4,5)6)19-26-17(23)16-18(24)25-7-8-27(16)19/h7-8,13-14H,9-12H2,1-6H3/t13-,14-/m1/s1. The molecule has 0 unspecified atom stereocenters. The van der Waals surface area contributed by atoms with E-state index in [9.17, 15) is 9.59 Å². The highest BCUT2D eigenvalue weighted by molar-refractivity contribution is 9.10. The van der Waals surface area contributed by atoms with E-state index in [0.29, 0.717) is 21.1 Å². The van der Waals surface area contributed by atoms with Crippen LogP contribution in [-0.2, 0) is 23.7 Å². The highest BCUT2D eigenvalue weighted by atomic mass is 79.9. The summed E-state index contributed by atoms with van der Waals surface area (Å²) in [5.41, 5.74) is -0.687. The summed E-state index contributed by atoms with van der Waals surface area (Å²) in [6.45, 7) is 10.9. The number of nitrogens with zero attached hydrogens (tertiary/aromatic N) is 4. The zero-order valence-electron chi connectivity index (χ0n) is 20.1. The van der Waals surface area contributed by atoms with E-state index in [1.54, 1.807) is 63.2 Å². The van der Waals surface area contributed by atoms with Crippen molar-refractivity contribution in [3.8, 4) is 0 Å². The number of aromatic nitrogens is 3. The van der Waals surface area contributed by atoms with E-state index >= 15 is 0 Å². The highest BCUT2D eigenvalue weighted by Crippen LogP contribution is 2.31. The zero-order chi connectivity index (χ0) is 25.3. The molecule has 0 aromatic carbocycles. The lowest BCUT2D eigenvalue weighted by Gasteiger charge is -2.39. The molecule has 34 heavy (non-hydrogen) atoms. The minimum absolute atomic E-state index is 0.0764. The molecule has 3 heterocycles. The molecule has 0 aliphatic carbocycles. The van der Waals surface area contributed by atoms with Crippen molar-refractivity contribution in [3.63, 3.8) is 0 Å². The Morgan fingerprint density at radius 1 is 1.21 bits per heavy atom. The summed E-state index contributed by atoms with van der Waals surface area (Å²) >= 11 is 9.65. The number of hydrogen-bond donors (Lipinski definition) is 0. The number of halogens is 2. The number of carbonyl (C=O) groups is 2. The van der Waals surface area contributed by atoms with Gasteiger partial charge < -0.3 is 18.9 Å². The number of morpholine rings is 1. The number of esters is 1. The van der Waals surface area contributed by atoms with Crippen molar-refractivity contribution in [1.29, 1.82) is 0 Å². The van der Waals surface area contributed by atoms with Crippen LogP contribution in [0.5, 0.6) is 0 Å². The number of ether oxygens (including phenoxy) is 4. The molecule has 1 saturated heterocycles. The van der Waals surface area contributed by atoms with Crippen LogP contribution in [0.15, 0.2) is 17.0 Å². The summed E-state index contributed by atoms with van der Waals surface area (Å²) in [5, 5.41) is 0.293. The van der Waals surface area contributed by atoms with Gasteiger partial charge in [-0.05, 0) is 57.5 Å². The smallest absolute Gasteiger partial charge is 0.410 e. The lowest BCUT2D eigenvalue weighted by atomic mass is 10.1. The van der Waals surface area contributed by atoms with E-state index in [2.05, 4.69) is 25.9 Å². The molecular weight excluding hydrogens is 532 g/mol. The van der Waals surface area contributed by atoms with E-state index in [1.807, 2.05) is 0 Å². The van der Waals surface area contributed by atoms with E-state index in [-0.39, 0.29) is 26.4 Å². The van der Waals surface area contributed by atoms with E-state index in [4.69, 9.17) is 30.5 Å². The van der Waals surface area contributed by atoms with Crippen LogP contribution >= 0.6 is 27.5 Å². The molecule has 2 aromatic rings. The second-order valence-electron chi connectivity index (χ2n) is 9.91. The van der Waals surface area contributed by atoms with Crippen LogP contribution in [0.1, 0.15) is 53.5 Å². The first-order valence-electron chi connectivity index (χ1n) is 10.8. The van der Waals surface area contributed by atoms with Crippen LogP contribution in [0.4, 0.5) is 4.79 Å². The Morgan fingerprint density at radius 3 is 2.53 bits per heavy atom. The summed E-state index contributed by atoms with van der Waals surface area (Å²) in [5.74, 6) is 0.0815. The molecule has 188 valence electrons. The van der Waals surface area contributed by atoms with Crippen LogP contribution < -0.4 is 0 Å². The van der Waals surface area contributed by atoms with Crippen molar-refractivity contribution in [3.05, 3.63) is 28.0 Å². The molecule has 0 radical (unpaired) electrons. The van der Waals surface area contributed by atoms with Gasteiger partial charge in [-0.25, -0.2) is 19.6 Å². The topological polar surface area (TPSA) is 104 Å². The summed E-state index contributed by atoms with van der Waals surface area (Å²) in [6, 6.07) is -0.464. The predicted molar refractivity (Wildman–Crippen MR) is 128 cm³/mol. The normalized spacial score (nSPS) is 19.4. The third kappa shape index (κ3) is 6.80. The molecule has 0 saturated carbocycles. The molecule has 3 rings (SSSR count). The van der Waals surface area contributed by atoms with Crippen molar-refractivity contribution >= 4 is 45.1 Å². The molecule has 2 atom stereocenters. The molecule has 1 amide bonds. The van der Waals surface area contributed by atoms with Gasteiger partial charge in [-0.15, -0.1) is 0 Å². The summed E-state index contributed by atoms with van der Waals surface area (Å²) in [7, 11) is 0. The quantitative estimate of drug-likeness (QED) is 0.501. The van der Waals surface area contributed by atoms with E-state index in [0.717, 1.165) is 0 Å². The molecule has 10 nitrogen and oxygen atoms in total. The van der Waals surface area contributed by atoms with Gasteiger partial charge in [0, 0.05) is 12.4 Å². The number of carbonyl (C=O) groups excluding carboxylic acids is 2. The number of fused-ring (bicyclic) bond motifs is 1. The first-order chi connectivity index (χ1) is 15.7. The zero-order valence-corrected chi connectivity index (χ0v) is 22.5. The maximum Gasteiger partial charge on any atom is 0.410 e. The number of imidazole rings is 1. The second-order valence-corrected chi connectivity index (χ2v) is 11.0. The largest absolute Gasteiger partial charge is 0.458 e. The Bertz CT molecular complexity index is 1050. The number of rotatable bonds is 5. The molecule has 0 N–H and O–H groups in total. The van der Waals surface area contributed by atoms with Crippen LogP contribution in [0, 0.1) is 0 Å². The Kier molecular flexibility index (Phi) is 8.11. The fourth-order valence-electron chi connectivity index (χ4n) is 3.40. The van der Waals surface area contributed by atoms with Crippen LogP contribution in [0.2, 0.25) is 5.15 Å². The summed E-state index contributed by atoms with van der Waals surface area (Å²) in [6.07, 6.45) is 2.23. The first-order valence-corrected chi connectivity index (χ1v) is 12.0. The van der Waals surface area contributed by atoms with Gasteiger partial charge in [-0.1, -0.05) is 11.6 Å². The molecule has 0 spiro atoms. The fraction of sp³-hybridized carbons (Fsp3) is 0.636. The highest BCUT2D eigenvalue weighted by Gasteiger charge is 2.38. The molecule has 1 aliphatic heterocycles. The summed E-state index contributed by atoms with van der Waals surface area (Å²) in [4.78, 5) is 35.2. The Morgan fingerprint density at radius 2 is 1.88 bits per heavy atom. The SMILES string of the molecule is CC(C)(C)OC(=O)COC[C@@H]1CO[C@@H](c2nc(Br)c3c(Cl)nccn23)CN1C(=O)OC(C)(C)C. The van der Waals surface area contributed by atoms with E-state index < -0.39 is 35.4 Å². The van der Waals surface area contributed by atoms with Crippen LogP contribution in [0.3, 0.4) is 0 Å². The lowest BCUT2D eigenvalue weighted by molar-refractivity contribution is -0.161. The third-order valence-electron chi connectivity index (χ3n) is 4.65. The van der Waals surface area contributed by atoms with Crippen molar-refractivity contribution in [2.45, 2.75) is 64.9 Å². The third-order valence-corrected chi connectivity index (χ3v) is 5.48. The lowest BCUT2D eigenvalue weighted by Crippen LogP contribution is -2.53. The van der Waals surface area contributed by atoms with Gasteiger partial charge in [0.05, 0.1) is 25.8 Å². The van der Waals surface area contributed by atoms with Gasteiger partial charge in [0.2, 0.25) is 0 Å². The van der Waals surface area contributed by atoms with Gasteiger partial charge in [0.1, 0.15) is 39.9 Å². The monoisotopic (exact) mass is 560 g/mol. The van der Waals surface area contributed by atoms with Crippen molar-refractivity contribution in [1.82, 2.24) is 19.3 Å². The molecule has 1 fully saturated rings. The van der Waals surface area contributed by atoms with Gasteiger partial charge in [-0.2, -0.15) is 0 Å². The maximum absolute atomic E-state index is 13.0. The average molecular weight is 562 g/mol.